The molecule has 8 heteroatoms. The molecular weight excluding hydrogens is 256 g/mol. The van der Waals surface area contributed by atoms with E-state index in [9.17, 15) is 14.7 Å². The van der Waals surface area contributed by atoms with Crippen molar-refractivity contribution >= 4 is 0 Å². The van der Waals surface area contributed by atoms with E-state index in [4.69, 9.17) is 14.6 Å². The zero-order chi connectivity index (χ0) is 14.2. The lowest BCUT2D eigenvalue weighted by molar-refractivity contribution is -0.0630. The van der Waals surface area contributed by atoms with Crippen molar-refractivity contribution in [2.75, 3.05) is 13.7 Å². The maximum absolute atomic E-state index is 12.0. The Balaban J connectivity index is 2.44. The van der Waals surface area contributed by atoms with Crippen LogP contribution < -0.4 is 11.2 Å². The Morgan fingerprint density at radius 2 is 2.16 bits per heavy atom. The highest BCUT2D eigenvalue weighted by Crippen LogP contribution is 2.29. The van der Waals surface area contributed by atoms with Crippen LogP contribution in [0, 0.1) is 0 Å². The molecule has 0 aromatic carbocycles. The lowest BCUT2D eigenvalue weighted by Gasteiger charge is -2.20. The molecule has 0 saturated carbocycles. The zero-order valence-corrected chi connectivity index (χ0v) is 10.6. The Kier molecular flexibility index (Phi) is 3.85. The van der Waals surface area contributed by atoms with E-state index in [2.05, 4.69) is 0 Å². The average Bonchev–Trinajstić information content (AvgIpc) is 2.72. The maximum atomic E-state index is 12.0. The molecule has 0 spiro atoms. The number of nitrogens with zero attached hydrogens (tertiary/aromatic N) is 2. The summed E-state index contributed by atoms with van der Waals surface area (Å²) in [4.78, 5) is 23.3. The first-order valence-electron chi connectivity index (χ1n) is 5.76. The number of hydrogen-bond donors (Lipinski definition) is 2. The van der Waals surface area contributed by atoms with Gasteiger partial charge in [-0.1, -0.05) is 0 Å². The molecule has 1 aromatic rings. The standard InChI is InChI=1S/C11H16N2O6/c1-12-7(15)3-4-13(11(12)17)10-9(18-2)8(16)6(5-14)19-10/h3-4,6,8-10,14,16H,5H2,1-2H3/t6-,8?,9+,10-/m1/s1. The van der Waals surface area contributed by atoms with Crippen molar-refractivity contribution in [3.05, 3.63) is 33.1 Å². The number of ether oxygens (including phenoxy) is 2. The predicted molar refractivity (Wildman–Crippen MR) is 63.7 cm³/mol. The second-order valence-corrected chi connectivity index (χ2v) is 4.34. The summed E-state index contributed by atoms with van der Waals surface area (Å²) in [5, 5.41) is 19.0. The van der Waals surface area contributed by atoms with Gasteiger partial charge >= 0.3 is 5.69 Å². The normalized spacial score (nSPS) is 30.7. The van der Waals surface area contributed by atoms with E-state index in [1.807, 2.05) is 0 Å². The van der Waals surface area contributed by atoms with E-state index < -0.39 is 42.4 Å². The molecule has 1 saturated heterocycles. The van der Waals surface area contributed by atoms with Gasteiger partial charge in [-0.05, 0) is 0 Å². The van der Waals surface area contributed by atoms with Crippen LogP contribution in [0.2, 0.25) is 0 Å². The summed E-state index contributed by atoms with van der Waals surface area (Å²) in [7, 11) is 2.72. The highest BCUT2D eigenvalue weighted by Gasteiger charge is 2.45. The number of rotatable bonds is 3. The van der Waals surface area contributed by atoms with Crippen LogP contribution in [0.3, 0.4) is 0 Å². The summed E-state index contributed by atoms with van der Waals surface area (Å²) < 4.78 is 12.6. The number of aromatic nitrogens is 2. The summed E-state index contributed by atoms with van der Waals surface area (Å²) >= 11 is 0. The highest BCUT2D eigenvalue weighted by atomic mass is 16.6. The lowest BCUT2D eigenvalue weighted by Crippen LogP contribution is -2.42. The minimum atomic E-state index is -1.05. The molecule has 0 aliphatic carbocycles. The third-order valence-corrected chi connectivity index (χ3v) is 3.26. The van der Waals surface area contributed by atoms with Crippen molar-refractivity contribution in [2.24, 2.45) is 7.05 Å². The van der Waals surface area contributed by atoms with Gasteiger partial charge in [0.15, 0.2) is 6.23 Å². The second-order valence-electron chi connectivity index (χ2n) is 4.34. The molecule has 106 valence electrons. The zero-order valence-electron chi connectivity index (χ0n) is 10.6. The Bertz CT molecular complexity index is 565. The maximum Gasteiger partial charge on any atom is 0.332 e. The molecule has 1 aliphatic rings. The molecule has 2 rings (SSSR count). The SMILES string of the molecule is CO[C@H]1C(O)[C@@H](CO)O[C@H]1n1ccc(=O)n(C)c1=O. The molecule has 2 N–H and O–H groups in total. The van der Waals surface area contributed by atoms with Gasteiger partial charge < -0.3 is 19.7 Å². The predicted octanol–water partition coefficient (Wildman–Crippen LogP) is -2.19. The Labute approximate surface area is 108 Å². The fraction of sp³-hybridized carbons (Fsp3) is 0.636. The smallest absolute Gasteiger partial charge is 0.332 e. The van der Waals surface area contributed by atoms with Crippen molar-refractivity contribution in [1.29, 1.82) is 0 Å². The van der Waals surface area contributed by atoms with Crippen LogP contribution >= 0.6 is 0 Å². The van der Waals surface area contributed by atoms with E-state index in [1.165, 1.54) is 26.4 Å². The number of methoxy groups -OCH3 is 1. The molecular formula is C11H16N2O6. The van der Waals surface area contributed by atoms with Crippen LogP contribution in [-0.2, 0) is 16.5 Å². The van der Waals surface area contributed by atoms with Crippen LogP contribution in [0.25, 0.3) is 0 Å². The first kappa shape index (κ1) is 13.9. The summed E-state index contributed by atoms with van der Waals surface area (Å²) in [5.41, 5.74) is -1.02. The molecule has 0 amide bonds. The molecule has 4 atom stereocenters. The Morgan fingerprint density at radius 3 is 2.74 bits per heavy atom. The largest absolute Gasteiger partial charge is 0.394 e. The Hall–Kier alpha value is -1.48. The van der Waals surface area contributed by atoms with Crippen LogP contribution in [0.4, 0.5) is 0 Å². The van der Waals surface area contributed by atoms with Crippen molar-refractivity contribution in [1.82, 2.24) is 9.13 Å². The van der Waals surface area contributed by atoms with E-state index in [0.717, 1.165) is 9.13 Å². The first-order valence-corrected chi connectivity index (χ1v) is 5.76. The molecule has 1 aliphatic heterocycles. The average molecular weight is 272 g/mol. The monoisotopic (exact) mass is 272 g/mol. The first-order chi connectivity index (χ1) is 9.01. The summed E-state index contributed by atoms with van der Waals surface area (Å²) in [5.74, 6) is 0. The third kappa shape index (κ3) is 2.23. The van der Waals surface area contributed by atoms with Crippen LogP contribution in [-0.4, -0.2) is 51.4 Å². The van der Waals surface area contributed by atoms with Gasteiger partial charge in [0.05, 0.1) is 6.61 Å². The van der Waals surface area contributed by atoms with Crippen LogP contribution in [0.1, 0.15) is 6.23 Å². The van der Waals surface area contributed by atoms with Crippen molar-refractivity contribution in [3.63, 3.8) is 0 Å². The Morgan fingerprint density at radius 1 is 1.47 bits per heavy atom. The molecule has 0 bridgehead atoms. The topological polar surface area (TPSA) is 103 Å². The minimum absolute atomic E-state index is 0.391. The minimum Gasteiger partial charge on any atom is -0.394 e. The van der Waals surface area contributed by atoms with E-state index >= 15 is 0 Å². The quantitative estimate of drug-likeness (QED) is 0.648. The fourth-order valence-electron chi connectivity index (χ4n) is 2.13. The molecule has 8 nitrogen and oxygen atoms in total. The molecule has 1 fully saturated rings. The van der Waals surface area contributed by atoms with Gasteiger partial charge in [-0.15, -0.1) is 0 Å². The van der Waals surface area contributed by atoms with Crippen LogP contribution in [0.5, 0.6) is 0 Å². The molecule has 19 heavy (non-hydrogen) atoms. The third-order valence-electron chi connectivity index (χ3n) is 3.26. The lowest BCUT2D eigenvalue weighted by atomic mass is 10.1. The van der Waals surface area contributed by atoms with Gasteiger partial charge in [-0.2, -0.15) is 0 Å². The second kappa shape index (κ2) is 5.25. The number of aliphatic hydroxyl groups excluding tert-OH is 2. The van der Waals surface area contributed by atoms with Crippen molar-refractivity contribution in [3.8, 4) is 0 Å². The highest BCUT2D eigenvalue weighted by molar-refractivity contribution is 4.94. The van der Waals surface area contributed by atoms with Crippen LogP contribution in [0.15, 0.2) is 21.9 Å². The van der Waals surface area contributed by atoms with Gasteiger partial charge in [0, 0.05) is 26.4 Å². The fourth-order valence-corrected chi connectivity index (χ4v) is 2.13. The summed E-state index contributed by atoms with van der Waals surface area (Å²) in [6.45, 7) is -0.391. The molecule has 2 heterocycles. The van der Waals surface area contributed by atoms with E-state index in [1.54, 1.807) is 0 Å². The number of hydrogen-bond acceptors (Lipinski definition) is 6. The van der Waals surface area contributed by atoms with Gasteiger partial charge in [0.25, 0.3) is 5.56 Å². The van der Waals surface area contributed by atoms with E-state index in [-0.39, 0.29) is 0 Å². The van der Waals surface area contributed by atoms with Crippen molar-refractivity contribution in [2.45, 2.75) is 24.5 Å². The summed E-state index contributed by atoms with van der Waals surface area (Å²) in [6, 6.07) is 1.22. The molecule has 0 radical (unpaired) electrons. The van der Waals surface area contributed by atoms with Gasteiger partial charge in [0.2, 0.25) is 0 Å². The number of aliphatic hydroxyl groups is 2. The van der Waals surface area contributed by atoms with Gasteiger partial charge in [-0.25, -0.2) is 4.79 Å². The van der Waals surface area contributed by atoms with Gasteiger partial charge in [-0.3, -0.25) is 13.9 Å². The molecule has 1 aromatic heterocycles. The van der Waals surface area contributed by atoms with Crippen molar-refractivity contribution < 1.29 is 19.7 Å². The van der Waals surface area contributed by atoms with E-state index in [0.29, 0.717) is 0 Å². The summed E-state index contributed by atoms with van der Waals surface area (Å²) in [6.07, 6.45) is -2.29. The van der Waals surface area contributed by atoms with Gasteiger partial charge in [0.1, 0.15) is 18.3 Å². The molecule has 1 unspecified atom stereocenters.